The number of rotatable bonds is 4. The molecule has 2 aromatic heterocycles. The SMILES string of the molecule is Cc1sc(NC(=O)c2coc3ccccc23)nc1Cc1ccc(F)cc1. The highest BCUT2D eigenvalue weighted by Gasteiger charge is 2.16. The van der Waals surface area contributed by atoms with Crippen molar-refractivity contribution in [1.29, 1.82) is 0 Å². The quantitative estimate of drug-likeness (QED) is 0.541. The van der Waals surface area contributed by atoms with Crippen LogP contribution in [-0.2, 0) is 6.42 Å². The van der Waals surface area contributed by atoms with E-state index in [9.17, 15) is 9.18 Å². The Morgan fingerprint density at radius 2 is 1.96 bits per heavy atom. The summed E-state index contributed by atoms with van der Waals surface area (Å²) in [4.78, 5) is 18.1. The van der Waals surface area contributed by atoms with Gasteiger partial charge in [0.2, 0.25) is 0 Å². The van der Waals surface area contributed by atoms with E-state index in [4.69, 9.17) is 4.42 Å². The Balaban J connectivity index is 1.53. The van der Waals surface area contributed by atoms with E-state index in [1.807, 2.05) is 31.2 Å². The van der Waals surface area contributed by atoms with Crippen molar-refractivity contribution in [2.45, 2.75) is 13.3 Å². The summed E-state index contributed by atoms with van der Waals surface area (Å²) in [6.07, 6.45) is 2.05. The van der Waals surface area contributed by atoms with Gasteiger partial charge in [-0.1, -0.05) is 30.3 Å². The number of aryl methyl sites for hydroxylation is 1. The number of fused-ring (bicyclic) bond motifs is 1. The summed E-state index contributed by atoms with van der Waals surface area (Å²) in [6.45, 7) is 1.96. The Bertz CT molecular complexity index is 1080. The fraction of sp³-hybridized carbons (Fsp3) is 0.100. The molecule has 1 amide bonds. The van der Waals surface area contributed by atoms with Gasteiger partial charge in [-0.15, -0.1) is 11.3 Å². The number of carbonyl (C=O) groups is 1. The number of aromatic nitrogens is 1. The molecule has 4 rings (SSSR count). The number of nitrogens with zero attached hydrogens (tertiary/aromatic N) is 1. The van der Waals surface area contributed by atoms with Crippen molar-refractivity contribution in [2.24, 2.45) is 0 Å². The van der Waals surface area contributed by atoms with Crippen molar-refractivity contribution >= 4 is 33.3 Å². The van der Waals surface area contributed by atoms with Gasteiger partial charge < -0.3 is 4.42 Å². The molecule has 0 saturated heterocycles. The van der Waals surface area contributed by atoms with Crippen molar-refractivity contribution in [3.8, 4) is 0 Å². The van der Waals surface area contributed by atoms with Gasteiger partial charge in [-0.2, -0.15) is 0 Å². The standard InChI is InChI=1S/C20H15FN2O2S/c1-12-17(10-13-6-8-14(21)9-7-13)22-20(26-12)23-19(24)16-11-25-18-5-3-2-4-15(16)18/h2-9,11H,10H2,1H3,(H,22,23,24). The monoisotopic (exact) mass is 366 g/mol. The Morgan fingerprint density at radius 3 is 2.77 bits per heavy atom. The minimum atomic E-state index is -0.260. The van der Waals surface area contributed by atoms with Crippen LogP contribution in [0.1, 0.15) is 26.5 Å². The second kappa shape index (κ2) is 6.72. The molecule has 0 aliphatic rings. The Kier molecular flexibility index (Phi) is 4.26. The Morgan fingerprint density at radius 1 is 1.19 bits per heavy atom. The molecule has 0 spiro atoms. The minimum Gasteiger partial charge on any atom is -0.463 e. The molecule has 0 aliphatic carbocycles. The lowest BCUT2D eigenvalue weighted by Crippen LogP contribution is -2.11. The van der Waals surface area contributed by atoms with Crippen LogP contribution in [-0.4, -0.2) is 10.9 Å². The number of halogens is 1. The number of benzene rings is 2. The fourth-order valence-electron chi connectivity index (χ4n) is 2.76. The van der Waals surface area contributed by atoms with E-state index in [1.54, 1.807) is 12.1 Å². The Hall–Kier alpha value is -2.99. The van der Waals surface area contributed by atoms with Crippen molar-refractivity contribution in [3.63, 3.8) is 0 Å². The van der Waals surface area contributed by atoms with Gasteiger partial charge in [0.05, 0.1) is 11.3 Å². The first-order valence-corrected chi connectivity index (χ1v) is 8.90. The zero-order chi connectivity index (χ0) is 18.1. The Labute approximate surface area is 153 Å². The highest BCUT2D eigenvalue weighted by molar-refractivity contribution is 7.15. The fourth-order valence-corrected chi connectivity index (χ4v) is 3.58. The smallest absolute Gasteiger partial charge is 0.261 e. The predicted molar refractivity (Wildman–Crippen MR) is 100 cm³/mol. The van der Waals surface area contributed by atoms with E-state index >= 15 is 0 Å². The molecule has 1 N–H and O–H groups in total. The highest BCUT2D eigenvalue weighted by atomic mass is 32.1. The third-order valence-electron chi connectivity index (χ3n) is 4.12. The normalized spacial score (nSPS) is 11.0. The van der Waals surface area contributed by atoms with Crippen LogP contribution in [0.5, 0.6) is 0 Å². The zero-order valence-corrected chi connectivity index (χ0v) is 14.8. The predicted octanol–water partition coefficient (Wildman–Crippen LogP) is 5.18. The second-order valence-electron chi connectivity index (χ2n) is 5.92. The number of hydrogen-bond donors (Lipinski definition) is 1. The molecule has 0 saturated carbocycles. The van der Waals surface area contributed by atoms with E-state index in [0.717, 1.165) is 21.5 Å². The maximum Gasteiger partial charge on any atom is 0.261 e. The van der Waals surface area contributed by atoms with Crippen molar-refractivity contribution in [1.82, 2.24) is 4.98 Å². The van der Waals surface area contributed by atoms with E-state index < -0.39 is 0 Å². The molecule has 4 nitrogen and oxygen atoms in total. The van der Waals surface area contributed by atoms with Crippen LogP contribution in [0.3, 0.4) is 0 Å². The lowest BCUT2D eigenvalue weighted by Gasteiger charge is -2.00. The number of amides is 1. The summed E-state index contributed by atoms with van der Waals surface area (Å²) in [5.74, 6) is -0.513. The van der Waals surface area contributed by atoms with E-state index in [0.29, 0.717) is 22.7 Å². The zero-order valence-electron chi connectivity index (χ0n) is 14.0. The molecule has 6 heteroatoms. The summed E-state index contributed by atoms with van der Waals surface area (Å²) in [5.41, 5.74) is 2.99. The molecule has 0 radical (unpaired) electrons. The molecule has 26 heavy (non-hydrogen) atoms. The molecule has 2 aromatic carbocycles. The number of para-hydroxylation sites is 1. The maximum absolute atomic E-state index is 13.0. The first-order chi connectivity index (χ1) is 12.6. The van der Waals surface area contributed by atoms with Gasteiger partial charge in [-0.3, -0.25) is 10.1 Å². The third kappa shape index (κ3) is 3.23. The van der Waals surface area contributed by atoms with Crippen LogP contribution < -0.4 is 5.32 Å². The van der Waals surface area contributed by atoms with Crippen LogP contribution in [0, 0.1) is 12.7 Å². The summed E-state index contributed by atoms with van der Waals surface area (Å²) in [6, 6.07) is 13.7. The number of anilines is 1. The van der Waals surface area contributed by atoms with Crippen LogP contribution in [0.25, 0.3) is 11.0 Å². The van der Waals surface area contributed by atoms with E-state index in [1.165, 1.54) is 29.7 Å². The van der Waals surface area contributed by atoms with E-state index in [-0.39, 0.29) is 11.7 Å². The maximum atomic E-state index is 13.0. The van der Waals surface area contributed by atoms with Crippen LogP contribution in [0.2, 0.25) is 0 Å². The first-order valence-electron chi connectivity index (χ1n) is 8.08. The molecule has 0 aliphatic heterocycles. The summed E-state index contributed by atoms with van der Waals surface area (Å²) in [7, 11) is 0. The molecule has 2 heterocycles. The van der Waals surface area contributed by atoms with Gasteiger partial charge in [0, 0.05) is 16.7 Å². The number of furan rings is 1. The van der Waals surface area contributed by atoms with Gasteiger partial charge in [0.1, 0.15) is 17.7 Å². The summed E-state index contributed by atoms with van der Waals surface area (Å²) < 4.78 is 18.4. The van der Waals surface area contributed by atoms with Gasteiger partial charge in [0.25, 0.3) is 5.91 Å². The van der Waals surface area contributed by atoms with Gasteiger partial charge in [-0.05, 0) is 30.7 Å². The number of hydrogen-bond acceptors (Lipinski definition) is 4. The topological polar surface area (TPSA) is 55.1 Å². The molecular formula is C20H15FN2O2S. The molecule has 0 bridgehead atoms. The summed E-state index contributed by atoms with van der Waals surface area (Å²) in [5, 5.41) is 4.15. The van der Waals surface area contributed by atoms with Gasteiger partial charge in [0.15, 0.2) is 5.13 Å². The number of thiazole rings is 1. The molecule has 4 aromatic rings. The van der Waals surface area contributed by atoms with E-state index in [2.05, 4.69) is 10.3 Å². The average molecular weight is 366 g/mol. The van der Waals surface area contributed by atoms with Gasteiger partial charge in [-0.25, -0.2) is 9.37 Å². The summed E-state index contributed by atoms with van der Waals surface area (Å²) >= 11 is 1.42. The second-order valence-corrected chi connectivity index (χ2v) is 7.13. The first kappa shape index (κ1) is 16.5. The van der Waals surface area contributed by atoms with Crippen LogP contribution in [0.15, 0.2) is 59.2 Å². The van der Waals surface area contributed by atoms with Crippen LogP contribution in [0.4, 0.5) is 9.52 Å². The number of carbonyl (C=O) groups excluding carboxylic acids is 1. The minimum absolute atomic E-state index is 0.253. The molecular weight excluding hydrogens is 351 g/mol. The third-order valence-corrected chi connectivity index (χ3v) is 5.05. The largest absolute Gasteiger partial charge is 0.463 e. The van der Waals surface area contributed by atoms with Crippen molar-refractivity contribution in [3.05, 3.63) is 82.3 Å². The molecule has 0 fully saturated rings. The average Bonchev–Trinajstić information content (AvgIpc) is 3.20. The van der Waals surface area contributed by atoms with Crippen molar-refractivity contribution in [2.75, 3.05) is 5.32 Å². The lowest BCUT2D eigenvalue weighted by molar-refractivity contribution is 0.102. The molecule has 0 unspecified atom stereocenters. The van der Waals surface area contributed by atoms with Gasteiger partial charge >= 0.3 is 0 Å². The molecule has 0 atom stereocenters. The lowest BCUT2D eigenvalue weighted by atomic mass is 10.1. The number of nitrogens with one attached hydrogen (secondary N) is 1. The van der Waals surface area contributed by atoms with Crippen LogP contribution >= 0.6 is 11.3 Å². The molecule has 130 valence electrons. The van der Waals surface area contributed by atoms with Crippen molar-refractivity contribution < 1.29 is 13.6 Å². The highest BCUT2D eigenvalue weighted by Crippen LogP contribution is 2.26.